The molecule has 0 aliphatic heterocycles. The maximum Gasteiger partial charge on any atom is 0.349 e. The lowest BCUT2D eigenvalue weighted by Gasteiger charge is -2.31. The zero-order valence-corrected chi connectivity index (χ0v) is 9.07. The predicted octanol–water partition coefficient (Wildman–Crippen LogP) is -0.106. The molecule has 0 amide bonds. The van der Waals surface area contributed by atoms with Crippen molar-refractivity contribution in [1.29, 1.82) is 0 Å². The van der Waals surface area contributed by atoms with Crippen molar-refractivity contribution in [2.45, 2.75) is 6.92 Å². The molecule has 0 unspecified atom stereocenters. The summed E-state index contributed by atoms with van der Waals surface area (Å²) in [6.45, 7) is 1.18. The Kier molecular flexibility index (Phi) is 5.71. The smallest absolute Gasteiger partial charge is 0.349 e. The van der Waals surface area contributed by atoms with Crippen LogP contribution in [0.2, 0.25) is 0 Å². The van der Waals surface area contributed by atoms with Gasteiger partial charge in [-0.3, -0.25) is 4.57 Å². The van der Waals surface area contributed by atoms with Crippen molar-refractivity contribution in [3.8, 4) is 0 Å². The van der Waals surface area contributed by atoms with Crippen molar-refractivity contribution < 1.29 is 19.3 Å². The van der Waals surface area contributed by atoms with E-state index in [0.29, 0.717) is 0 Å². The third kappa shape index (κ3) is 3.02. The summed E-state index contributed by atoms with van der Waals surface area (Å²) in [4.78, 5) is 0. The first-order valence-electron chi connectivity index (χ1n) is 3.92. The first kappa shape index (κ1) is 13.0. The SMILES string of the molecule is CCOP(=O)(N(C)CO)N(C)CO. The Morgan fingerprint density at radius 2 is 1.62 bits per heavy atom. The van der Waals surface area contributed by atoms with Gasteiger partial charge in [0.15, 0.2) is 0 Å². The van der Waals surface area contributed by atoms with Gasteiger partial charge in [0.25, 0.3) is 0 Å². The van der Waals surface area contributed by atoms with Crippen molar-refractivity contribution in [3.05, 3.63) is 0 Å². The molecule has 80 valence electrons. The fourth-order valence-electron chi connectivity index (χ4n) is 0.786. The van der Waals surface area contributed by atoms with Crippen LogP contribution in [0.3, 0.4) is 0 Å². The summed E-state index contributed by atoms with van der Waals surface area (Å²) in [5.41, 5.74) is 0. The zero-order valence-electron chi connectivity index (χ0n) is 8.17. The molecule has 0 aromatic rings. The molecule has 6 nitrogen and oxygen atoms in total. The standard InChI is InChI=1S/C6H17N2O4P/c1-4-12-13(11,7(2)5-9)8(3)6-10/h9-10H,4-6H2,1-3H3. The number of rotatable bonds is 6. The molecule has 0 aromatic carbocycles. The van der Waals surface area contributed by atoms with Gasteiger partial charge in [0.2, 0.25) is 0 Å². The van der Waals surface area contributed by atoms with E-state index in [0.717, 1.165) is 9.34 Å². The summed E-state index contributed by atoms with van der Waals surface area (Å²) < 4.78 is 19.3. The third-order valence-electron chi connectivity index (χ3n) is 1.57. The highest BCUT2D eigenvalue weighted by atomic mass is 31.2. The number of aliphatic hydroxyl groups excluding tert-OH is 2. The summed E-state index contributed by atoms with van der Waals surface area (Å²) in [5.74, 6) is 0. The number of nitrogens with zero attached hydrogens (tertiary/aromatic N) is 2. The average Bonchev–Trinajstić information content (AvgIpc) is 2.15. The van der Waals surface area contributed by atoms with Crippen LogP contribution in [0.25, 0.3) is 0 Å². The van der Waals surface area contributed by atoms with Crippen molar-refractivity contribution in [2.24, 2.45) is 0 Å². The molecular formula is C6H17N2O4P. The molecule has 0 fully saturated rings. The molecule has 7 heteroatoms. The highest BCUT2D eigenvalue weighted by Gasteiger charge is 2.32. The second-order valence-corrected chi connectivity index (χ2v) is 5.11. The van der Waals surface area contributed by atoms with E-state index in [4.69, 9.17) is 14.7 Å². The molecule has 0 spiro atoms. The Bertz CT molecular complexity index is 175. The molecule has 0 aliphatic carbocycles. The van der Waals surface area contributed by atoms with E-state index >= 15 is 0 Å². The Morgan fingerprint density at radius 1 is 1.23 bits per heavy atom. The monoisotopic (exact) mass is 212 g/mol. The van der Waals surface area contributed by atoms with Gasteiger partial charge in [0.05, 0.1) is 6.61 Å². The van der Waals surface area contributed by atoms with Gasteiger partial charge < -0.3 is 14.7 Å². The van der Waals surface area contributed by atoms with Crippen LogP contribution in [0.15, 0.2) is 0 Å². The van der Waals surface area contributed by atoms with E-state index in [1.165, 1.54) is 14.1 Å². The molecule has 0 rings (SSSR count). The molecule has 0 aliphatic rings. The number of hydrogen-bond acceptors (Lipinski definition) is 4. The van der Waals surface area contributed by atoms with E-state index in [1.807, 2.05) is 0 Å². The van der Waals surface area contributed by atoms with Crippen LogP contribution in [-0.2, 0) is 9.09 Å². The van der Waals surface area contributed by atoms with E-state index in [9.17, 15) is 4.57 Å². The minimum atomic E-state index is -3.23. The molecule has 0 aromatic heterocycles. The van der Waals surface area contributed by atoms with Gasteiger partial charge in [-0.1, -0.05) is 0 Å². The Labute approximate surface area is 78.3 Å². The van der Waals surface area contributed by atoms with E-state index in [-0.39, 0.29) is 20.1 Å². The summed E-state index contributed by atoms with van der Waals surface area (Å²) in [6, 6.07) is 0. The van der Waals surface area contributed by atoms with Gasteiger partial charge in [0.1, 0.15) is 13.5 Å². The quantitative estimate of drug-likeness (QED) is 0.473. The molecule has 0 heterocycles. The molecule has 13 heavy (non-hydrogen) atoms. The molecule has 2 N–H and O–H groups in total. The lowest BCUT2D eigenvalue weighted by Crippen LogP contribution is -2.29. The van der Waals surface area contributed by atoms with E-state index in [2.05, 4.69) is 0 Å². The lowest BCUT2D eigenvalue weighted by atomic mass is 10.9. The number of hydrogen-bond donors (Lipinski definition) is 2. The van der Waals surface area contributed by atoms with Gasteiger partial charge in [-0.2, -0.15) is 9.34 Å². The van der Waals surface area contributed by atoms with Crippen molar-refractivity contribution >= 4 is 7.67 Å². The summed E-state index contributed by atoms with van der Waals surface area (Å²) in [7, 11) is -0.313. The van der Waals surface area contributed by atoms with Crippen LogP contribution in [0, 0.1) is 0 Å². The Balaban J connectivity index is 4.61. The second kappa shape index (κ2) is 5.70. The minimum Gasteiger partial charge on any atom is -0.381 e. The fraction of sp³-hybridized carbons (Fsp3) is 1.00. The molecule has 0 radical (unpaired) electrons. The fourth-order valence-corrected chi connectivity index (χ4v) is 2.36. The van der Waals surface area contributed by atoms with Gasteiger partial charge in [-0.15, -0.1) is 0 Å². The molecule has 0 atom stereocenters. The van der Waals surface area contributed by atoms with Crippen molar-refractivity contribution in [1.82, 2.24) is 9.34 Å². The minimum absolute atomic E-state index is 0.256. The largest absolute Gasteiger partial charge is 0.381 e. The van der Waals surface area contributed by atoms with Gasteiger partial charge in [0, 0.05) is 0 Å². The molecule has 0 saturated heterocycles. The number of aliphatic hydroxyl groups is 2. The van der Waals surface area contributed by atoms with Crippen LogP contribution in [0.1, 0.15) is 6.92 Å². The summed E-state index contributed by atoms with van der Waals surface area (Å²) >= 11 is 0. The van der Waals surface area contributed by atoms with Crippen LogP contribution >= 0.6 is 7.67 Å². The maximum absolute atomic E-state index is 12.0. The molecule has 0 saturated carbocycles. The zero-order chi connectivity index (χ0) is 10.5. The van der Waals surface area contributed by atoms with Crippen LogP contribution in [0.4, 0.5) is 0 Å². The average molecular weight is 212 g/mol. The van der Waals surface area contributed by atoms with Gasteiger partial charge >= 0.3 is 7.67 Å². The topological polar surface area (TPSA) is 73.2 Å². The summed E-state index contributed by atoms with van der Waals surface area (Å²) in [5, 5.41) is 17.6. The summed E-state index contributed by atoms with van der Waals surface area (Å²) in [6.07, 6.45) is 0. The van der Waals surface area contributed by atoms with E-state index < -0.39 is 7.67 Å². The van der Waals surface area contributed by atoms with Crippen molar-refractivity contribution in [2.75, 3.05) is 34.2 Å². The normalized spacial score (nSPS) is 12.8. The Morgan fingerprint density at radius 3 is 1.85 bits per heavy atom. The van der Waals surface area contributed by atoms with Gasteiger partial charge in [-0.05, 0) is 21.0 Å². The first-order chi connectivity index (χ1) is 6.02. The van der Waals surface area contributed by atoms with Crippen LogP contribution in [-0.4, -0.2) is 53.7 Å². The van der Waals surface area contributed by atoms with Crippen molar-refractivity contribution in [3.63, 3.8) is 0 Å². The first-order valence-corrected chi connectivity index (χ1v) is 5.45. The predicted molar refractivity (Wildman–Crippen MR) is 48.9 cm³/mol. The Hall–Kier alpha value is 0.0300. The lowest BCUT2D eigenvalue weighted by molar-refractivity contribution is 0.124. The maximum atomic E-state index is 12.0. The van der Waals surface area contributed by atoms with Crippen LogP contribution in [0.5, 0.6) is 0 Å². The molecule has 0 bridgehead atoms. The molecular weight excluding hydrogens is 195 g/mol. The van der Waals surface area contributed by atoms with Crippen LogP contribution < -0.4 is 0 Å². The van der Waals surface area contributed by atoms with Gasteiger partial charge in [-0.25, -0.2) is 0 Å². The highest BCUT2D eigenvalue weighted by Crippen LogP contribution is 2.51. The highest BCUT2D eigenvalue weighted by molar-refractivity contribution is 7.53. The second-order valence-electron chi connectivity index (χ2n) is 2.51. The van der Waals surface area contributed by atoms with E-state index in [1.54, 1.807) is 6.92 Å². The third-order valence-corrected chi connectivity index (χ3v) is 4.14.